The number of carbonyl (C=O) groups is 2. The maximum Gasteiger partial charge on any atom is 0.228 e. The fraction of sp³-hybridized carbons (Fsp3) is 0.250. The Morgan fingerprint density at radius 2 is 2.08 bits per heavy atom. The summed E-state index contributed by atoms with van der Waals surface area (Å²) < 4.78 is 0. The smallest absolute Gasteiger partial charge is 0.228 e. The van der Waals surface area contributed by atoms with E-state index >= 15 is 0 Å². The highest BCUT2D eigenvalue weighted by atomic mass is 35.5. The highest BCUT2D eigenvalue weighted by molar-refractivity contribution is 6.43. The molecule has 0 radical (unpaired) electrons. The molecule has 0 atom stereocenters. The molecule has 4 heteroatoms. The van der Waals surface area contributed by atoms with Crippen LogP contribution in [0.1, 0.15) is 6.92 Å². The summed E-state index contributed by atoms with van der Waals surface area (Å²) in [5.74, 6) is -0.632. The first-order valence-corrected chi connectivity index (χ1v) is 3.74. The average Bonchev–Trinajstić information content (AvgIpc) is 2.11. The Bertz CT molecular complexity index is 239. The third-order valence-corrected chi connectivity index (χ3v) is 1.59. The Hall–Kier alpha value is -1.09. The number of carbonyl (C=O) groups excluding carboxylic acids is 2. The van der Waals surface area contributed by atoms with Gasteiger partial charge in [-0.25, -0.2) is 0 Å². The highest BCUT2D eigenvalue weighted by Crippen LogP contribution is 2.13. The van der Waals surface area contributed by atoms with Crippen LogP contribution < -0.4 is 5.32 Å². The van der Waals surface area contributed by atoms with Gasteiger partial charge in [0.1, 0.15) is 0 Å². The number of ketones is 1. The van der Waals surface area contributed by atoms with Gasteiger partial charge in [0.2, 0.25) is 5.78 Å². The van der Waals surface area contributed by atoms with E-state index in [2.05, 4.69) is 5.32 Å². The summed E-state index contributed by atoms with van der Waals surface area (Å²) in [6, 6.07) is 0. The Balaban J connectivity index is 4.80. The van der Waals surface area contributed by atoms with E-state index in [1.807, 2.05) is 0 Å². The van der Waals surface area contributed by atoms with Crippen LogP contribution in [-0.4, -0.2) is 19.1 Å². The lowest BCUT2D eigenvalue weighted by Crippen LogP contribution is -2.08. The lowest BCUT2D eigenvalue weighted by molar-refractivity contribution is -0.127. The van der Waals surface area contributed by atoms with Gasteiger partial charge in [0, 0.05) is 18.3 Å². The molecule has 0 saturated carbocycles. The molecule has 0 aromatic heterocycles. The van der Waals surface area contributed by atoms with E-state index < -0.39 is 5.78 Å². The molecule has 1 N–H and O–H groups in total. The monoisotopic (exact) mass is 187 g/mol. The van der Waals surface area contributed by atoms with Gasteiger partial charge >= 0.3 is 0 Å². The van der Waals surface area contributed by atoms with Gasteiger partial charge in [0.15, 0.2) is 6.29 Å². The number of halogens is 1. The number of aldehydes is 1. The number of Topliss-reactive ketones (excluding diaryl/α,β-unsaturated/α-hetero) is 1. The van der Waals surface area contributed by atoms with E-state index in [-0.39, 0.29) is 16.9 Å². The van der Waals surface area contributed by atoms with Crippen LogP contribution in [0.25, 0.3) is 0 Å². The minimum absolute atomic E-state index is 0.177. The van der Waals surface area contributed by atoms with Crippen molar-refractivity contribution < 1.29 is 9.59 Å². The lowest BCUT2D eigenvalue weighted by Gasteiger charge is -1.99. The second-order valence-corrected chi connectivity index (χ2v) is 2.37. The minimum Gasteiger partial charge on any atom is -0.393 e. The van der Waals surface area contributed by atoms with Crippen LogP contribution in [0, 0.1) is 0 Å². The van der Waals surface area contributed by atoms with Crippen LogP contribution in [0.4, 0.5) is 0 Å². The van der Waals surface area contributed by atoms with Crippen molar-refractivity contribution in [1.82, 2.24) is 5.32 Å². The topological polar surface area (TPSA) is 46.2 Å². The molecule has 3 nitrogen and oxygen atoms in total. The molecule has 0 bridgehead atoms. The molecule has 0 unspecified atom stereocenters. The Morgan fingerprint density at radius 3 is 2.42 bits per heavy atom. The van der Waals surface area contributed by atoms with Crippen LogP contribution in [-0.2, 0) is 9.59 Å². The van der Waals surface area contributed by atoms with Crippen molar-refractivity contribution in [2.45, 2.75) is 6.92 Å². The molecule has 0 heterocycles. The van der Waals surface area contributed by atoms with Crippen molar-refractivity contribution in [2.75, 3.05) is 7.05 Å². The molecule has 12 heavy (non-hydrogen) atoms. The molecule has 0 amide bonds. The summed E-state index contributed by atoms with van der Waals surface area (Å²) in [6.45, 7) is 1.68. The molecule has 0 aromatic rings. The van der Waals surface area contributed by atoms with Gasteiger partial charge in [-0.05, 0) is 6.92 Å². The number of hydrogen-bond donors (Lipinski definition) is 1. The molecule has 0 spiro atoms. The molecule has 0 aliphatic carbocycles. The van der Waals surface area contributed by atoms with Crippen molar-refractivity contribution in [2.24, 2.45) is 0 Å². The van der Waals surface area contributed by atoms with E-state index in [4.69, 9.17) is 11.6 Å². The first-order valence-electron chi connectivity index (χ1n) is 3.36. The van der Waals surface area contributed by atoms with Crippen molar-refractivity contribution in [3.05, 3.63) is 22.9 Å². The van der Waals surface area contributed by atoms with Gasteiger partial charge in [-0.1, -0.05) is 17.7 Å². The van der Waals surface area contributed by atoms with Crippen molar-refractivity contribution in [3.8, 4) is 0 Å². The van der Waals surface area contributed by atoms with Crippen molar-refractivity contribution in [3.63, 3.8) is 0 Å². The van der Waals surface area contributed by atoms with Crippen LogP contribution in [0.3, 0.4) is 0 Å². The van der Waals surface area contributed by atoms with Crippen molar-refractivity contribution >= 4 is 23.7 Å². The van der Waals surface area contributed by atoms with Gasteiger partial charge < -0.3 is 5.32 Å². The van der Waals surface area contributed by atoms with Crippen LogP contribution in [0.2, 0.25) is 0 Å². The Labute approximate surface area is 76.1 Å². The highest BCUT2D eigenvalue weighted by Gasteiger charge is 2.10. The number of hydrogen-bond acceptors (Lipinski definition) is 3. The molecule has 66 valence electrons. The molecule has 0 aromatic carbocycles. The molecular weight excluding hydrogens is 178 g/mol. The molecular formula is C8H10ClNO2. The first kappa shape index (κ1) is 10.9. The third-order valence-electron chi connectivity index (χ3n) is 1.17. The van der Waals surface area contributed by atoms with E-state index in [1.54, 1.807) is 20.0 Å². The largest absolute Gasteiger partial charge is 0.393 e. The van der Waals surface area contributed by atoms with Crippen LogP contribution >= 0.6 is 11.6 Å². The molecule has 0 rings (SSSR count). The van der Waals surface area contributed by atoms with Gasteiger partial charge in [-0.15, -0.1) is 0 Å². The summed E-state index contributed by atoms with van der Waals surface area (Å²) >= 11 is 5.66. The van der Waals surface area contributed by atoms with Gasteiger partial charge in [-0.3, -0.25) is 9.59 Å². The maximum absolute atomic E-state index is 10.9. The van der Waals surface area contributed by atoms with Crippen LogP contribution in [0.15, 0.2) is 22.9 Å². The second-order valence-electron chi connectivity index (χ2n) is 1.97. The predicted octanol–water partition coefficient (Wildman–Crippen LogP) is 1.00. The van der Waals surface area contributed by atoms with Gasteiger partial charge in [0.05, 0.1) is 5.57 Å². The zero-order valence-corrected chi connectivity index (χ0v) is 7.68. The maximum atomic E-state index is 10.9. The lowest BCUT2D eigenvalue weighted by atomic mass is 10.2. The quantitative estimate of drug-likeness (QED) is 0.309. The summed E-state index contributed by atoms with van der Waals surface area (Å²) in [5.41, 5.74) is 0.177. The standard InChI is InChI=1S/C8H10ClNO2/c1-3-7(9)6(4-10-2)8(12)5-11/h3-5,10H,1-2H3/b6-4+,7-3-. The first-order chi connectivity index (χ1) is 5.67. The van der Waals surface area contributed by atoms with E-state index in [1.165, 1.54) is 6.20 Å². The fourth-order valence-corrected chi connectivity index (χ4v) is 0.769. The van der Waals surface area contributed by atoms with Gasteiger partial charge in [0.25, 0.3) is 0 Å². The van der Waals surface area contributed by atoms with E-state index in [9.17, 15) is 9.59 Å². The second kappa shape index (κ2) is 5.55. The molecule has 0 aliphatic rings. The minimum atomic E-state index is -0.632. The fourth-order valence-electron chi connectivity index (χ4n) is 0.621. The summed E-state index contributed by atoms with van der Waals surface area (Å²) in [6.07, 6.45) is 3.17. The molecule has 0 fully saturated rings. The zero-order valence-electron chi connectivity index (χ0n) is 6.93. The van der Waals surface area contributed by atoms with E-state index in [0.717, 1.165) is 0 Å². The number of allylic oxidation sites excluding steroid dienone is 3. The Morgan fingerprint density at radius 1 is 1.50 bits per heavy atom. The van der Waals surface area contributed by atoms with E-state index in [0.29, 0.717) is 0 Å². The SMILES string of the molecule is C/C=C(Cl)/C(=C\NC)C(=O)C=O. The average molecular weight is 188 g/mol. The number of rotatable bonds is 4. The normalized spacial score (nSPS) is 12.6. The molecule has 0 saturated heterocycles. The van der Waals surface area contributed by atoms with Crippen molar-refractivity contribution in [1.29, 1.82) is 0 Å². The number of nitrogens with one attached hydrogen (secondary N) is 1. The Kier molecular flexibility index (Phi) is 5.04. The predicted molar refractivity (Wildman–Crippen MR) is 47.8 cm³/mol. The summed E-state index contributed by atoms with van der Waals surface area (Å²) in [4.78, 5) is 21.0. The molecule has 0 aliphatic heterocycles. The summed E-state index contributed by atoms with van der Waals surface area (Å²) in [7, 11) is 1.62. The summed E-state index contributed by atoms with van der Waals surface area (Å²) in [5, 5.41) is 2.90. The third kappa shape index (κ3) is 2.88. The zero-order chi connectivity index (χ0) is 9.56. The van der Waals surface area contributed by atoms with Crippen LogP contribution in [0.5, 0.6) is 0 Å². The van der Waals surface area contributed by atoms with Gasteiger partial charge in [-0.2, -0.15) is 0 Å².